The number of rotatable bonds is 2. The maximum atomic E-state index is 4.89. The van der Waals surface area contributed by atoms with Crippen LogP contribution in [0.15, 0.2) is 6.07 Å². The molecule has 2 aliphatic rings. The van der Waals surface area contributed by atoms with Gasteiger partial charge in [-0.3, -0.25) is 0 Å². The van der Waals surface area contributed by atoms with Crippen molar-refractivity contribution in [3.63, 3.8) is 0 Å². The summed E-state index contributed by atoms with van der Waals surface area (Å²) in [6.45, 7) is 8.94. The van der Waals surface area contributed by atoms with Crippen molar-refractivity contribution in [3.05, 3.63) is 11.8 Å². The van der Waals surface area contributed by atoms with Crippen molar-refractivity contribution in [2.24, 2.45) is 5.92 Å². The van der Waals surface area contributed by atoms with Gasteiger partial charge in [0.15, 0.2) is 0 Å². The lowest BCUT2D eigenvalue weighted by Gasteiger charge is -2.32. The molecule has 3 heterocycles. The lowest BCUT2D eigenvalue weighted by Crippen LogP contribution is -2.34. The summed E-state index contributed by atoms with van der Waals surface area (Å²) in [6.07, 6.45) is 7.80. The van der Waals surface area contributed by atoms with Gasteiger partial charge in [0.25, 0.3) is 0 Å². The second-order valence-electron chi connectivity index (χ2n) is 6.74. The number of hydrogen-bond donors (Lipinski definition) is 0. The van der Waals surface area contributed by atoms with Crippen LogP contribution < -0.4 is 9.80 Å². The zero-order chi connectivity index (χ0) is 14.7. The van der Waals surface area contributed by atoms with E-state index in [9.17, 15) is 0 Å². The molecule has 4 nitrogen and oxygen atoms in total. The van der Waals surface area contributed by atoms with Gasteiger partial charge in [0, 0.05) is 37.9 Å². The van der Waals surface area contributed by atoms with Gasteiger partial charge in [-0.25, -0.2) is 4.98 Å². The van der Waals surface area contributed by atoms with Crippen LogP contribution in [0.2, 0.25) is 0 Å². The Morgan fingerprint density at radius 2 is 1.57 bits per heavy atom. The first-order chi connectivity index (χ1) is 10.2. The second-order valence-corrected chi connectivity index (χ2v) is 6.74. The number of aryl methyl sites for hydroxylation is 1. The van der Waals surface area contributed by atoms with Gasteiger partial charge in [0.2, 0.25) is 5.95 Å². The molecule has 1 aromatic heterocycles. The molecule has 0 amide bonds. The summed E-state index contributed by atoms with van der Waals surface area (Å²) in [5, 5.41) is 0. The minimum Gasteiger partial charge on any atom is -0.356 e. The molecular formula is C17H28N4. The Hall–Kier alpha value is -1.32. The van der Waals surface area contributed by atoms with Crippen LogP contribution in [0, 0.1) is 12.8 Å². The van der Waals surface area contributed by atoms with Crippen molar-refractivity contribution in [3.8, 4) is 0 Å². The number of anilines is 2. The number of nitrogens with zero attached hydrogens (tertiary/aromatic N) is 4. The van der Waals surface area contributed by atoms with Gasteiger partial charge < -0.3 is 9.80 Å². The molecule has 0 atom stereocenters. The molecular weight excluding hydrogens is 260 g/mol. The van der Waals surface area contributed by atoms with Crippen LogP contribution in [-0.4, -0.2) is 36.1 Å². The fourth-order valence-corrected chi connectivity index (χ4v) is 3.35. The highest BCUT2D eigenvalue weighted by Crippen LogP contribution is 2.24. The molecule has 4 heteroatoms. The molecule has 0 saturated carbocycles. The quantitative estimate of drug-likeness (QED) is 0.835. The molecule has 116 valence electrons. The molecule has 0 aromatic carbocycles. The van der Waals surface area contributed by atoms with Crippen LogP contribution >= 0.6 is 0 Å². The monoisotopic (exact) mass is 288 g/mol. The van der Waals surface area contributed by atoms with E-state index >= 15 is 0 Å². The van der Waals surface area contributed by atoms with E-state index in [-0.39, 0.29) is 0 Å². The van der Waals surface area contributed by atoms with Crippen LogP contribution in [-0.2, 0) is 0 Å². The van der Waals surface area contributed by atoms with Gasteiger partial charge in [-0.2, -0.15) is 4.98 Å². The third-order valence-corrected chi connectivity index (χ3v) is 4.83. The Balaban J connectivity index is 1.78. The first kappa shape index (κ1) is 14.6. The van der Waals surface area contributed by atoms with E-state index in [0.29, 0.717) is 0 Å². The zero-order valence-corrected chi connectivity index (χ0v) is 13.5. The Kier molecular flexibility index (Phi) is 4.61. The molecule has 0 bridgehead atoms. The Bertz CT molecular complexity index is 458. The van der Waals surface area contributed by atoms with Crippen molar-refractivity contribution in [2.75, 3.05) is 36.0 Å². The van der Waals surface area contributed by atoms with Crippen molar-refractivity contribution >= 4 is 11.8 Å². The van der Waals surface area contributed by atoms with E-state index in [0.717, 1.165) is 49.6 Å². The van der Waals surface area contributed by atoms with Crippen molar-refractivity contribution < 1.29 is 0 Å². The molecule has 21 heavy (non-hydrogen) atoms. The molecule has 0 aliphatic carbocycles. The van der Waals surface area contributed by atoms with E-state index in [1.807, 2.05) is 0 Å². The third-order valence-electron chi connectivity index (χ3n) is 4.83. The van der Waals surface area contributed by atoms with Gasteiger partial charge >= 0.3 is 0 Å². The summed E-state index contributed by atoms with van der Waals surface area (Å²) < 4.78 is 0. The van der Waals surface area contributed by atoms with Gasteiger partial charge in [-0.15, -0.1) is 0 Å². The van der Waals surface area contributed by atoms with Crippen molar-refractivity contribution in [1.82, 2.24) is 9.97 Å². The van der Waals surface area contributed by atoms with Crippen molar-refractivity contribution in [1.29, 1.82) is 0 Å². The first-order valence-corrected chi connectivity index (χ1v) is 8.58. The Morgan fingerprint density at radius 1 is 0.905 bits per heavy atom. The van der Waals surface area contributed by atoms with Crippen LogP contribution in [0.3, 0.4) is 0 Å². The molecule has 0 radical (unpaired) electrons. The molecule has 2 saturated heterocycles. The fraction of sp³-hybridized carbons (Fsp3) is 0.765. The molecule has 3 rings (SSSR count). The van der Waals surface area contributed by atoms with Gasteiger partial charge in [-0.1, -0.05) is 19.8 Å². The van der Waals surface area contributed by atoms with Gasteiger partial charge in [0.05, 0.1) is 0 Å². The Labute approximate surface area is 128 Å². The molecule has 0 unspecified atom stereocenters. The topological polar surface area (TPSA) is 32.3 Å². The Morgan fingerprint density at radius 3 is 2.24 bits per heavy atom. The summed E-state index contributed by atoms with van der Waals surface area (Å²) >= 11 is 0. The summed E-state index contributed by atoms with van der Waals surface area (Å²) in [5.74, 6) is 2.94. The third kappa shape index (κ3) is 3.66. The fourth-order valence-electron chi connectivity index (χ4n) is 3.35. The summed E-state index contributed by atoms with van der Waals surface area (Å²) in [4.78, 5) is 14.4. The largest absolute Gasteiger partial charge is 0.356 e. The average molecular weight is 288 g/mol. The van der Waals surface area contributed by atoms with E-state index < -0.39 is 0 Å². The minimum absolute atomic E-state index is 0.856. The van der Waals surface area contributed by atoms with E-state index in [1.54, 1.807) is 0 Å². The lowest BCUT2D eigenvalue weighted by atomic mass is 9.99. The van der Waals surface area contributed by atoms with E-state index in [1.165, 1.54) is 38.5 Å². The average Bonchev–Trinajstić information content (AvgIpc) is 2.76. The van der Waals surface area contributed by atoms with Crippen LogP contribution in [0.5, 0.6) is 0 Å². The van der Waals surface area contributed by atoms with Crippen LogP contribution in [0.25, 0.3) is 0 Å². The summed E-state index contributed by atoms with van der Waals surface area (Å²) in [5.41, 5.74) is 1.10. The number of piperidine rings is 1. The maximum absolute atomic E-state index is 4.89. The molecule has 2 aliphatic heterocycles. The standard InChI is InChI=1S/C17H28N4/c1-14-7-11-20(12-8-14)16-13-15(2)18-17(19-16)21-9-5-3-4-6-10-21/h13-14H,3-12H2,1-2H3. The predicted octanol–water partition coefficient (Wildman–Crippen LogP) is 3.40. The normalized spacial score (nSPS) is 21.4. The predicted molar refractivity (Wildman–Crippen MR) is 88.1 cm³/mol. The lowest BCUT2D eigenvalue weighted by molar-refractivity contribution is 0.436. The summed E-state index contributed by atoms with van der Waals surface area (Å²) in [7, 11) is 0. The number of aromatic nitrogens is 2. The van der Waals surface area contributed by atoms with E-state index in [4.69, 9.17) is 9.97 Å². The maximum Gasteiger partial charge on any atom is 0.227 e. The zero-order valence-electron chi connectivity index (χ0n) is 13.5. The molecule has 2 fully saturated rings. The first-order valence-electron chi connectivity index (χ1n) is 8.58. The van der Waals surface area contributed by atoms with Crippen LogP contribution in [0.1, 0.15) is 51.1 Å². The number of hydrogen-bond acceptors (Lipinski definition) is 4. The molecule has 0 N–H and O–H groups in total. The summed E-state index contributed by atoms with van der Waals surface area (Å²) in [6, 6.07) is 2.15. The smallest absolute Gasteiger partial charge is 0.227 e. The van der Waals surface area contributed by atoms with Crippen LogP contribution in [0.4, 0.5) is 11.8 Å². The highest BCUT2D eigenvalue weighted by Gasteiger charge is 2.19. The second kappa shape index (κ2) is 6.63. The van der Waals surface area contributed by atoms with Gasteiger partial charge in [-0.05, 0) is 38.5 Å². The van der Waals surface area contributed by atoms with E-state index in [2.05, 4.69) is 29.7 Å². The highest BCUT2D eigenvalue weighted by molar-refractivity contribution is 5.46. The highest BCUT2D eigenvalue weighted by atomic mass is 15.3. The molecule has 1 aromatic rings. The van der Waals surface area contributed by atoms with Crippen molar-refractivity contribution in [2.45, 2.75) is 52.4 Å². The SMILES string of the molecule is Cc1cc(N2CCC(C)CC2)nc(N2CCCCCC2)n1. The van der Waals surface area contributed by atoms with Gasteiger partial charge in [0.1, 0.15) is 5.82 Å². The molecule has 0 spiro atoms. The minimum atomic E-state index is 0.856.